The summed E-state index contributed by atoms with van der Waals surface area (Å²) < 4.78 is 6.25. The molecular weight excluding hydrogens is 312 g/mol. The Bertz CT molecular complexity index is 848. The summed E-state index contributed by atoms with van der Waals surface area (Å²) in [6.07, 6.45) is 5.43. The van der Waals surface area contributed by atoms with Gasteiger partial charge in [-0.05, 0) is 36.9 Å². The molecule has 2 bridgehead atoms. The number of carbonyl (C=O) groups is 1. The molecule has 5 heterocycles. The molecule has 1 aromatic rings. The van der Waals surface area contributed by atoms with E-state index in [2.05, 4.69) is 40.1 Å². The average molecular weight is 334 g/mol. The third-order valence-electron chi connectivity index (χ3n) is 8.22. The Morgan fingerprint density at radius 1 is 1.24 bits per heavy atom. The number of piperidine rings is 2. The van der Waals surface area contributed by atoms with Gasteiger partial charge >= 0.3 is 0 Å². The van der Waals surface area contributed by atoms with Crippen molar-refractivity contribution in [2.75, 3.05) is 24.6 Å². The number of ether oxygens (including phenoxy) is 1. The predicted octanol–water partition coefficient (Wildman–Crippen LogP) is 2.09. The highest BCUT2D eigenvalue weighted by atomic mass is 16.5. The molecule has 1 unspecified atom stereocenters. The summed E-state index contributed by atoms with van der Waals surface area (Å²) in [6, 6.07) is 9.64. The minimum atomic E-state index is 0.104. The number of fused-ring (bicyclic) bond motifs is 2. The summed E-state index contributed by atoms with van der Waals surface area (Å²) in [5.74, 6) is 1.35. The van der Waals surface area contributed by atoms with Crippen LogP contribution in [-0.2, 0) is 14.9 Å². The third-order valence-corrected chi connectivity index (χ3v) is 8.22. The zero-order valence-corrected chi connectivity index (χ0v) is 14.2. The number of nitrogens with zero attached hydrogens (tertiary/aromatic N) is 2. The van der Waals surface area contributed by atoms with Gasteiger partial charge in [-0.2, -0.15) is 0 Å². The number of anilines is 1. The highest BCUT2D eigenvalue weighted by Gasteiger charge is 2.70. The van der Waals surface area contributed by atoms with Crippen LogP contribution in [0.2, 0.25) is 0 Å². The van der Waals surface area contributed by atoms with Gasteiger partial charge in [-0.3, -0.25) is 9.69 Å². The van der Waals surface area contributed by atoms with E-state index in [0.29, 0.717) is 36.9 Å². The highest BCUT2D eigenvalue weighted by Crippen LogP contribution is 2.65. The lowest BCUT2D eigenvalue weighted by molar-refractivity contribution is -0.132. The van der Waals surface area contributed by atoms with Crippen molar-refractivity contribution in [1.82, 2.24) is 4.90 Å². The number of para-hydroxylation sites is 1. The van der Waals surface area contributed by atoms with E-state index in [9.17, 15) is 4.79 Å². The Morgan fingerprint density at radius 2 is 2.16 bits per heavy atom. The lowest BCUT2D eigenvalue weighted by Gasteiger charge is -2.58. The van der Waals surface area contributed by atoms with E-state index in [1.54, 1.807) is 5.57 Å². The van der Waals surface area contributed by atoms with Crippen molar-refractivity contribution < 1.29 is 9.53 Å². The Labute approximate surface area is 147 Å². The van der Waals surface area contributed by atoms with Gasteiger partial charge in [0.1, 0.15) is 0 Å². The first kappa shape index (κ1) is 13.5. The minimum Gasteiger partial charge on any atom is -0.373 e. The molecular formula is C21H22N2O2. The first-order valence-corrected chi connectivity index (χ1v) is 9.75. The molecule has 7 rings (SSSR count). The van der Waals surface area contributed by atoms with Gasteiger partial charge in [0.05, 0.1) is 25.2 Å². The molecule has 3 saturated heterocycles. The number of hydrogen-bond donors (Lipinski definition) is 0. The Hall–Kier alpha value is -1.65. The lowest BCUT2D eigenvalue weighted by Crippen LogP contribution is -2.69. The van der Waals surface area contributed by atoms with E-state index in [4.69, 9.17) is 4.74 Å². The van der Waals surface area contributed by atoms with Crippen molar-refractivity contribution in [3.8, 4) is 0 Å². The fraction of sp³-hybridized carbons (Fsp3) is 0.571. The summed E-state index contributed by atoms with van der Waals surface area (Å²) in [4.78, 5) is 18.1. The van der Waals surface area contributed by atoms with E-state index in [1.165, 1.54) is 30.6 Å². The normalized spacial score (nSPS) is 45.9. The molecule has 6 aliphatic rings. The van der Waals surface area contributed by atoms with Crippen LogP contribution in [0, 0.1) is 11.8 Å². The van der Waals surface area contributed by atoms with Crippen molar-refractivity contribution in [2.24, 2.45) is 11.8 Å². The molecule has 0 N–H and O–H groups in total. The van der Waals surface area contributed by atoms with E-state index in [0.717, 1.165) is 6.54 Å². The average Bonchev–Trinajstić information content (AvgIpc) is 3.10. The Morgan fingerprint density at radius 3 is 3.12 bits per heavy atom. The van der Waals surface area contributed by atoms with Crippen molar-refractivity contribution >= 4 is 11.6 Å². The first-order valence-electron chi connectivity index (χ1n) is 9.75. The maximum Gasteiger partial charge on any atom is 0.229 e. The molecule has 1 aromatic carbocycles. The molecule has 5 aliphatic heterocycles. The summed E-state index contributed by atoms with van der Waals surface area (Å²) in [7, 11) is 0. The standard InChI is InChI=1S/C21H22N2O2/c24-18-10-16-19-13-9-17-21(6-7-22(17)11-12(13)5-8-25-16)14-3-1-2-4-15(14)23(18)20(19)21/h1-5,13,16-17,19-20H,6-11H2/t13-,16+,17+,19+,20+,21?/m0/s1. The summed E-state index contributed by atoms with van der Waals surface area (Å²) in [5, 5.41) is 0. The predicted molar refractivity (Wildman–Crippen MR) is 93.4 cm³/mol. The third kappa shape index (κ3) is 1.33. The molecule has 128 valence electrons. The fourth-order valence-corrected chi connectivity index (χ4v) is 7.51. The zero-order chi connectivity index (χ0) is 16.3. The zero-order valence-electron chi connectivity index (χ0n) is 14.2. The first-order chi connectivity index (χ1) is 12.3. The molecule has 4 nitrogen and oxygen atoms in total. The van der Waals surface area contributed by atoms with E-state index in [1.807, 2.05) is 0 Å². The minimum absolute atomic E-state index is 0.104. The second kappa shape index (κ2) is 4.18. The van der Waals surface area contributed by atoms with Crippen molar-refractivity contribution in [1.29, 1.82) is 0 Å². The van der Waals surface area contributed by atoms with Crippen LogP contribution in [0.5, 0.6) is 0 Å². The molecule has 6 atom stereocenters. The smallest absolute Gasteiger partial charge is 0.229 e. The van der Waals surface area contributed by atoms with Gasteiger partial charge in [0.25, 0.3) is 0 Å². The molecule has 1 saturated carbocycles. The quantitative estimate of drug-likeness (QED) is 0.681. The summed E-state index contributed by atoms with van der Waals surface area (Å²) in [6.45, 7) is 2.97. The van der Waals surface area contributed by atoms with Crippen LogP contribution in [0.1, 0.15) is 24.8 Å². The number of rotatable bonds is 0. The van der Waals surface area contributed by atoms with Crippen LogP contribution in [0.4, 0.5) is 5.69 Å². The summed E-state index contributed by atoms with van der Waals surface area (Å²) in [5.41, 5.74) is 4.35. The summed E-state index contributed by atoms with van der Waals surface area (Å²) >= 11 is 0. The second-order valence-corrected chi connectivity index (χ2v) is 8.78. The van der Waals surface area contributed by atoms with Gasteiger partial charge in [0.2, 0.25) is 5.91 Å². The molecule has 0 aromatic heterocycles. The lowest BCUT2D eigenvalue weighted by atomic mass is 9.53. The van der Waals surface area contributed by atoms with Crippen molar-refractivity contribution in [2.45, 2.75) is 42.9 Å². The number of carbonyl (C=O) groups excluding carboxylic acids is 1. The monoisotopic (exact) mass is 334 g/mol. The molecule has 1 spiro atoms. The van der Waals surface area contributed by atoms with E-state index < -0.39 is 0 Å². The van der Waals surface area contributed by atoms with Crippen LogP contribution >= 0.6 is 0 Å². The molecule has 4 heteroatoms. The van der Waals surface area contributed by atoms with Crippen LogP contribution in [0.25, 0.3) is 0 Å². The molecule has 25 heavy (non-hydrogen) atoms. The fourth-order valence-electron chi connectivity index (χ4n) is 7.51. The van der Waals surface area contributed by atoms with Crippen molar-refractivity contribution in [3.05, 3.63) is 41.5 Å². The Balaban J connectivity index is 1.55. The molecule has 4 fully saturated rings. The van der Waals surface area contributed by atoms with Crippen LogP contribution in [0.3, 0.4) is 0 Å². The van der Waals surface area contributed by atoms with E-state index >= 15 is 0 Å². The van der Waals surface area contributed by atoms with Crippen molar-refractivity contribution in [3.63, 3.8) is 0 Å². The van der Waals surface area contributed by atoms with Crippen LogP contribution in [0.15, 0.2) is 35.9 Å². The number of hydrogen-bond acceptors (Lipinski definition) is 3. The largest absolute Gasteiger partial charge is 0.373 e. The Kier molecular flexibility index (Phi) is 2.27. The highest BCUT2D eigenvalue weighted by molar-refractivity contribution is 5.99. The topological polar surface area (TPSA) is 32.8 Å². The molecule has 1 aliphatic carbocycles. The SMILES string of the molecule is O=C1C[C@H]2OCC=C3CN4CCC56c7ccccc7N1[C@@H]5[C@@H]2[C@H]3C[C@@H]46. The number of benzene rings is 1. The second-order valence-electron chi connectivity index (χ2n) is 8.78. The maximum atomic E-state index is 13.2. The molecule has 0 radical (unpaired) electrons. The van der Waals surface area contributed by atoms with Crippen LogP contribution in [-0.4, -0.2) is 48.7 Å². The van der Waals surface area contributed by atoms with Gasteiger partial charge in [0, 0.05) is 29.6 Å². The van der Waals surface area contributed by atoms with Gasteiger partial charge in [-0.1, -0.05) is 29.8 Å². The number of amides is 1. The maximum absolute atomic E-state index is 13.2. The van der Waals surface area contributed by atoms with E-state index in [-0.39, 0.29) is 17.4 Å². The molecule has 1 amide bonds. The van der Waals surface area contributed by atoms with Gasteiger partial charge in [-0.25, -0.2) is 0 Å². The van der Waals surface area contributed by atoms with Gasteiger partial charge in [0.15, 0.2) is 0 Å². The van der Waals surface area contributed by atoms with Gasteiger partial charge < -0.3 is 9.64 Å². The van der Waals surface area contributed by atoms with Gasteiger partial charge in [-0.15, -0.1) is 0 Å². The van der Waals surface area contributed by atoms with Crippen LogP contribution < -0.4 is 4.90 Å².